The van der Waals surface area contributed by atoms with Crippen molar-refractivity contribution in [2.45, 2.75) is 80.9 Å². The summed E-state index contributed by atoms with van der Waals surface area (Å²) in [6.45, 7) is 0.0876. The van der Waals surface area contributed by atoms with Crippen LogP contribution in [0.3, 0.4) is 0 Å². The summed E-state index contributed by atoms with van der Waals surface area (Å²) in [6, 6.07) is 6.80. The maximum atomic E-state index is 13.5. The minimum Gasteiger partial charge on any atom is -0.504 e. The molecule has 1 saturated heterocycles. The number of nitrogens with zero attached hydrogens (tertiary/aromatic N) is 1. The van der Waals surface area contributed by atoms with E-state index in [1.807, 2.05) is 0 Å². The number of phenolic OH excluding ortho intramolecular Hbond substituents is 1. The number of carbonyl (C=O) groups is 2. The number of ether oxygens (including phenoxy) is 3. The third kappa shape index (κ3) is 4.46. The molecule has 12 nitrogen and oxygen atoms in total. The van der Waals surface area contributed by atoms with Crippen molar-refractivity contribution in [1.29, 1.82) is 0 Å². The van der Waals surface area contributed by atoms with Crippen molar-refractivity contribution in [3.63, 3.8) is 0 Å². The Morgan fingerprint density at radius 2 is 1.61 bits per heavy atom. The summed E-state index contributed by atoms with van der Waals surface area (Å²) < 4.78 is 18.6. The number of aliphatic imine (C=N–C) groups is 1. The molecule has 1 spiro atoms. The zero-order valence-electron chi connectivity index (χ0n) is 22.2. The van der Waals surface area contributed by atoms with E-state index in [4.69, 9.17) is 25.7 Å². The summed E-state index contributed by atoms with van der Waals surface area (Å²) in [5.41, 5.74) is 10.7. The van der Waals surface area contributed by atoms with Crippen LogP contribution in [0.25, 0.3) is 0 Å². The molecule has 2 heterocycles. The van der Waals surface area contributed by atoms with Crippen LogP contribution in [0.2, 0.25) is 0 Å². The molecule has 2 aliphatic heterocycles. The topological polar surface area (TPSA) is 207 Å². The standard InChI is InChI=1S/C29H33N3O9/c30-28(31)32-17-8-11-39-29(9-4-1-5-10-29)26-23(37)22(36)24(38)27(41-26)40-25-15(17)12-16-18(21(25)35)20(34)14-7-3-2-6-13(14)19(16)33/h2-3,6-7,12,17,22-24,26-27,35-38H,1,4-5,8-11H2,(H4,30,31,32)/t17-,22-,23-,24+,26-,27+/m1/s1. The third-order valence-electron chi connectivity index (χ3n) is 8.64. The highest BCUT2D eigenvalue weighted by Crippen LogP contribution is 2.48. The van der Waals surface area contributed by atoms with Crippen LogP contribution in [0.1, 0.15) is 82.0 Å². The molecule has 12 heteroatoms. The monoisotopic (exact) mass is 567 g/mol. The second kappa shape index (κ2) is 10.4. The smallest absolute Gasteiger partial charge is 0.229 e. The molecule has 6 atom stereocenters. The summed E-state index contributed by atoms with van der Waals surface area (Å²) in [5.74, 6) is -2.27. The number of fused-ring (bicyclic) bond motifs is 6. The summed E-state index contributed by atoms with van der Waals surface area (Å²) >= 11 is 0. The minimum atomic E-state index is -1.73. The molecule has 2 bridgehead atoms. The number of rotatable bonds is 1. The Kier molecular flexibility index (Phi) is 6.99. The van der Waals surface area contributed by atoms with E-state index >= 15 is 0 Å². The molecule has 218 valence electrons. The van der Waals surface area contributed by atoms with Crippen molar-refractivity contribution < 1.29 is 44.2 Å². The molecule has 41 heavy (non-hydrogen) atoms. The molecule has 0 radical (unpaired) electrons. The lowest BCUT2D eigenvalue weighted by molar-refractivity contribution is -0.314. The first kappa shape index (κ1) is 27.6. The van der Waals surface area contributed by atoms with Gasteiger partial charge in [0.05, 0.1) is 17.2 Å². The zero-order chi connectivity index (χ0) is 29.1. The molecule has 2 aromatic rings. The molecule has 0 aromatic heterocycles. The maximum absolute atomic E-state index is 13.5. The predicted octanol–water partition coefficient (Wildman–Crippen LogP) is 0.792. The Balaban J connectivity index is 1.54. The first-order valence-corrected chi connectivity index (χ1v) is 13.8. The molecule has 2 fully saturated rings. The van der Waals surface area contributed by atoms with Crippen LogP contribution in [0.4, 0.5) is 0 Å². The average Bonchev–Trinajstić information content (AvgIpc) is 2.98. The maximum Gasteiger partial charge on any atom is 0.229 e. The van der Waals surface area contributed by atoms with E-state index in [-0.39, 0.29) is 52.6 Å². The van der Waals surface area contributed by atoms with Gasteiger partial charge in [0, 0.05) is 28.9 Å². The lowest BCUT2D eigenvalue weighted by atomic mass is 9.76. The molecular formula is C29H33N3O9. The SMILES string of the molecule is NC(N)=N[C@@H]1CCOC2(CCCCC2)[C@@H]2O[C@H](Oc3c1cc1c(c3O)C(=O)c3ccccc3C1=O)[C@@H](O)[C@H](O)[C@H]2O. The largest absolute Gasteiger partial charge is 0.504 e. The van der Waals surface area contributed by atoms with E-state index in [0.29, 0.717) is 12.8 Å². The van der Waals surface area contributed by atoms with Crippen molar-refractivity contribution in [1.82, 2.24) is 0 Å². The van der Waals surface area contributed by atoms with Crippen molar-refractivity contribution in [3.8, 4) is 11.5 Å². The first-order valence-electron chi connectivity index (χ1n) is 13.8. The van der Waals surface area contributed by atoms with Crippen LogP contribution >= 0.6 is 0 Å². The number of hydrogen-bond acceptors (Lipinski definition) is 10. The van der Waals surface area contributed by atoms with E-state index in [1.165, 1.54) is 18.2 Å². The summed E-state index contributed by atoms with van der Waals surface area (Å²) in [7, 11) is 0. The second-order valence-corrected chi connectivity index (χ2v) is 11.1. The highest BCUT2D eigenvalue weighted by atomic mass is 16.7. The lowest BCUT2D eigenvalue weighted by Crippen LogP contribution is -2.66. The Hall–Kier alpha value is -3.55. The number of aromatic hydroxyl groups is 1. The molecule has 4 aliphatic rings. The summed E-state index contributed by atoms with van der Waals surface area (Å²) in [4.78, 5) is 31.4. The van der Waals surface area contributed by atoms with Gasteiger partial charge in [0.25, 0.3) is 0 Å². The fourth-order valence-corrected chi connectivity index (χ4v) is 6.61. The highest BCUT2D eigenvalue weighted by Gasteiger charge is 2.55. The number of phenols is 1. The van der Waals surface area contributed by atoms with Gasteiger partial charge in [0.1, 0.15) is 24.4 Å². The number of guanidine groups is 1. The average molecular weight is 568 g/mol. The predicted molar refractivity (Wildman–Crippen MR) is 144 cm³/mol. The molecule has 0 amide bonds. The van der Waals surface area contributed by atoms with Gasteiger partial charge in [-0.1, -0.05) is 43.5 Å². The van der Waals surface area contributed by atoms with Gasteiger partial charge in [-0.15, -0.1) is 0 Å². The minimum absolute atomic E-state index is 0.0534. The van der Waals surface area contributed by atoms with Gasteiger partial charge in [0.2, 0.25) is 6.29 Å². The Labute approximate surface area is 235 Å². The Bertz CT molecular complexity index is 1420. The van der Waals surface area contributed by atoms with Crippen LogP contribution in [0.15, 0.2) is 35.3 Å². The van der Waals surface area contributed by atoms with E-state index in [2.05, 4.69) is 4.99 Å². The summed E-state index contributed by atoms with van der Waals surface area (Å²) in [6.07, 6.45) is -3.72. The van der Waals surface area contributed by atoms with Gasteiger partial charge in [-0.05, 0) is 25.3 Å². The van der Waals surface area contributed by atoms with Crippen LogP contribution in [0.5, 0.6) is 11.5 Å². The van der Waals surface area contributed by atoms with E-state index in [0.717, 1.165) is 19.3 Å². The highest BCUT2D eigenvalue weighted by molar-refractivity contribution is 6.29. The first-order chi connectivity index (χ1) is 19.6. The van der Waals surface area contributed by atoms with Gasteiger partial charge in [-0.25, -0.2) is 4.99 Å². The van der Waals surface area contributed by atoms with Crippen molar-refractivity contribution in [2.24, 2.45) is 16.5 Å². The number of ketones is 2. The van der Waals surface area contributed by atoms with Gasteiger partial charge in [-0.2, -0.15) is 0 Å². The molecule has 0 unspecified atom stereocenters. The van der Waals surface area contributed by atoms with Gasteiger partial charge >= 0.3 is 0 Å². The molecule has 2 aromatic carbocycles. The molecule has 2 aliphatic carbocycles. The fourth-order valence-electron chi connectivity index (χ4n) is 6.61. The normalized spacial score (nSPS) is 30.7. The van der Waals surface area contributed by atoms with E-state index < -0.39 is 59.7 Å². The molecule has 1 saturated carbocycles. The Morgan fingerprint density at radius 1 is 0.927 bits per heavy atom. The van der Waals surface area contributed by atoms with Gasteiger partial charge in [-0.3, -0.25) is 9.59 Å². The second-order valence-electron chi connectivity index (χ2n) is 11.1. The van der Waals surface area contributed by atoms with Crippen molar-refractivity contribution in [3.05, 3.63) is 58.1 Å². The van der Waals surface area contributed by atoms with Crippen LogP contribution < -0.4 is 16.2 Å². The molecule has 6 rings (SSSR count). The number of carbonyl (C=O) groups excluding carboxylic acids is 2. The fraction of sp³-hybridized carbons (Fsp3) is 0.483. The van der Waals surface area contributed by atoms with Crippen molar-refractivity contribution in [2.75, 3.05) is 6.61 Å². The molecule has 8 N–H and O–H groups in total. The Morgan fingerprint density at radius 3 is 2.29 bits per heavy atom. The number of benzene rings is 2. The molecular weight excluding hydrogens is 534 g/mol. The summed E-state index contributed by atoms with van der Waals surface area (Å²) in [5, 5.41) is 44.3. The van der Waals surface area contributed by atoms with Crippen LogP contribution in [-0.2, 0) is 9.47 Å². The quantitative estimate of drug-likeness (QED) is 0.179. The number of nitrogens with two attached hydrogens (primary N) is 2. The van der Waals surface area contributed by atoms with E-state index in [1.54, 1.807) is 12.1 Å². The van der Waals surface area contributed by atoms with Crippen molar-refractivity contribution >= 4 is 17.5 Å². The third-order valence-corrected chi connectivity index (χ3v) is 8.64. The van der Waals surface area contributed by atoms with E-state index in [9.17, 15) is 30.0 Å². The van der Waals surface area contributed by atoms with Gasteiger partial charge in [0.15, 0.2) is 29.0 Å². The number of aliphatic hydroxyl groups is 3. The zero-order valence-corrected chi connectivity index (χ0v) is 22.2. The number of aliphatic hydroxyl groups excluding tert-OH is 3. The number of hydrogen-bond donors (Lipinski definition) is 6. The van der Waals surface area contributed by atoms with Gasteiger partial charge < -0.3 is 46.1 Å². The van der Waals surface area contributed by atoms with Crippen LogP contribution in [-0.4, -0.2) is 80.9 Å². The van der Waals surface area contributed by atoms with Crippen LogP contribution in [0, 0.1) is 0 Å². The lowest BCUT2D eigenvalue weighted by Gasteiger charge is -2.50.